The number of fused-ring (bicyclic) bond motifs is 1. The summed E-state index contributed by atoms with van der Waals surface area (Å²) in [5.41, 5.74) is 2.78. The van der Waals surface area contributed by atoms with Crippen LogP contribution < -0.4 is 16.0 Å². The number of benzene rings is 1. The number of rotatable bonds is 6. The van der Waals surface area contributed by atoms with Crippen molar-refractivity contribution in [2.75, 3.05) is 19.6 Å². The van der Waals surface area contributed by atoms with Crippen molar-refractivity contribution < 1.29 is 14.4 Å². The molecule has 7 nitrogen and oxygen atoms in total. The van der Waals surface area contributed by atoms with Crippen LogP contribution in [0.5, 0.6) is 0 Å². The molecule has 2 fully saturated rings. The molecule has 0 aromatic heterocycles. The van der Waals surface area contributed by atoms with E-state index < -0.39 is 6.04 Å². The van der Waals surface area contributed by atoms with Crippen molar-refractivity contribution in [2.24, 2.45) is 5.92 Å². The molecule has 4 rings (SSSR count). The lowest BCUT2D eigenvalue weighted by Gasteiger charge is -2.29. The number of piperidine rings is 2. The van der Waals surface area contributed by atoms with Gasteiger partial charge in [0.1, 0.15) is 6.04 Å². The first-order chi connectivity index (χ1) is 13.6. The minimum absolute atomic E-state index is 0.117. The van der Waals surface area contributed by atoms with Crippen LogP contribution in [0.25, 0.3) is 0 Å². The number of imide groups is 1. The van der Waals surface area contributed by atoms with Crippen molar-refractivity contribution in [1.29, 1.82) is 0 Å². The molecule has 0 spiro atoms. The van der Waals surface area contributed by atoms with E-state index in [-0.39, 0.29) is 24.1 Å². The molecule has 2 atom stereocenters. The number of nitrogens with zero attached hydrogens (tertiary/aromatic N) is 1. The Labute approximate surface area is 165 Å². The third kappa shape index (κ3) is 4.10. The summed E-state index contributed by atoms with van der Waals surface area (Å²) < 4.78 is 0. The molecule has 1 aromatic rings. The van der Waals surface area contributed by atoms with Crippen LogP contribution >= 0.6 is 0 Å². The lowest BCUT2D eigenvalue weighted by atomic mass is 9.96. The predicted octanol–water partition coefficient (Wildman–Crippen LogP) is 0.927. The second kappa shape index (κ2) is 8.41. The number of hydrogen-bond donors (Lipinski definition) is 3. The van der Waals surface area contributed by atoms with Gasteiger partial charge in [-0.3, -0.25) is 19.7 Å². The molecular weight excluding hydrogens is 356 g/mol. The lowest BCUT2D eigenvalue weighted by molar-refractivity contribution is -0.136. The molecule has 0 saturated carbocycles. The van der Waals surface area contributed by atoms with Gasteiger partial charge in [-0.25, -0.2) is 0 Å². The maximum Gasteiger partial charge on any atom is 0.255 e. The molecule has 3 heterocycles. The van der Waals surface area contributed by atoms with Crippen LogP contribution in [-0.4, -0.2) is 48.3 Å². The molecule has 2 saturated heterocycles. The van der Waals surface area contributed by atoms with E-state index in [4.69, 9.17) is 0 Å². The van der Waals surface area contributed by atoms with Crippen LogP contribution in [0.2, 0.25) is 0 Å². The van der Waals surface area contributed by atoms with Crippen LogP contribution in [0.15, 0.2) is 18.2 Å². The first kappa shape index (κ1) is 19.1. The topological polar surface area (TPSA) is 90.5 Å². The normalized spacial score (nSPS) is 25.0. The Hall–Kier alpha value is -2.25. The molecule has 3 aliphatic heterocycles. The zero-order valence-corrected chi connectivity index (χ0v) is 16.1. The van der Waals surface area contributed by atoms with Crippen LogP contribution in [0.1, 0.15) is 53.6 Å². The number of carbonyl (C=O) groups excluding carboxylic acids is 3. The molecule has 3 aliphatic rings. The summed E-state index contributed by atoms with van der Waals surface area (Å²) in [5, 5.41) is 9.30. The largest absolute Gasteiger partial charge is 0.322 e. The highest BCUT2D eigenvalue weighted by Gasteiger charge is 2.38. The van der Waals surface area contributed by atoms with Crippen molar-refractivity contribution >= 4 is 17.7 Å². The van der Waals surface area contributed by atoms with E-state index in [2.05, 4.69) is 22.0 Å². The van der Waals surface area contributed by atoms with E-state index in [0.717, 1.165) is 43.2 Å². The average Bonchev–Trinajstić information content (AvgIpc) is 3.02. The molecule has 28 heavy (non-hydrogen) atoms. The van der Waals surface area contributed by atoms with Crippen LogP contribution in [0, 0.1) is 5.92 Å². The van der Waals surface area contributed by atoms with Gasteiger partial charge >= 0.3 is 0 Å². The van der Waals surface area contributed by atoms with Gasteiger partial charge in [0.2, 0.25) is 11.8 Å². The fourth-order valence-corrected chi connectivity index (χ4v) is 4.45. The monoisotopic (exact) mass is 384 g/mol. The van der Waals surface area contributed by atoms with Crippen LogP contribution in [0.4, 0.5) is 0 Å². The van der Waals surface area contributed by atoms with Gasteiger partial charge < -0.3 is 15.5 Å². The molecule has 3 N–H and O–H groups in total. The minimum Gasteiger partial charge on any atom is -0.322 e. The second-order valence-electron chi connectivity index (χ2n) is 8.07. The van der Waals surface area contributed by atoms with E-state index in [1.807, 2.05) is 12.1 Å². The van der Waals surface area contributed by atoms with Crippen molar-refractivity contribution in [3.05, 3.63) is 34.9 Å². The van der Waals surface area contributed by atoms with Gasteiger partial charge in [0.15, 0.2) is 0 Å². The van der Waals surface area contributed by atoms with Crippen molar-refractivity contribution in [1.82, 2.24) is 20.9 Å². The minimum atomic E-state index is -0.553. The summed E-state index contributed by atoms with van der Waals surface area (Å²) in [7, 11) is 0. The summed E-state index contributed by atoms with van der Waals surface area (Å²) >= 11 is 0. The van der Waals surface area contributed by atoms with E-state index in [0.29, 0.717) is 18.5 Å². The van der Waals surface area contributed by atoms with E-state index >= 15 is 0 Å². The summed E-state index contributed by atoms with van der Waals surface area (Å²) in [6, 6.07) is 5.36. The average molecular weight is 384 g/mol. The van der Waals surface area contributed by atoms with Gasteiger partial charge in [-0.15, -0.1) is 0 Å². The van der Waals surface area contributed by atoms with Gasteiger partial charge in [0.25, 0.3) is 5.91 Å². The smallest absolute Gasteiger partial charge is 0.255 e. The molecule has 1 aromatic carbocycles. The van der Waals surface area contributed by atoms with Gasteiger partial charge in [0.05, 0.1) is 0 Å². The Morgan fingerprint density at radius 1 is 1.18 bits per heavy atom. The maximum atomic E-state index is 12.7. The van der Waals surface area contributed by atoms with Crippen molar-refractivity contribution in [3.63, 3.8) is 0 Å². The number of nitrogens with one attached hydrogen (secondary N) is 3. The number of carbonyl (C=O) groups is 3. The second-order valence-corrected chi connectivity index (χ2v) is 8.07. The molecule has 150 valence electrons. The third-order valence-electron chi connectivity index (χ3n) is 6.05. The highest BCUT2D eigenvalue weighted by atomic mass is 16.2. The molecule has 0 bridgehead atoms. The standard InChI is InChI=1S/C21H28N4O3/c26-19-6-5-18(20(27)24-19)25-13-16-10-15(3-4-17(16)21(25)28)12-23-9-7-14-2-1-8-22-11-14/h3-4,10,14,18,22-23H,1-2,5-9,11-13H2,(H,24,26,27). The van der Waals surface area contributed by atoms with Gasteiger partial charge in [-0.1, -0.05) is 12.1 Å². The van der Waals surface area contributed by atoms with E-state index in [1.54, 1.807) is 4.90 Å². The Balaban J connectivity index is 1.32. The Kier molecular flexibility index (Phi) is 5.73. The molecule has 7 heteroatoms. The van der Waals surface area contributed by atoms with Crippen LogP contribution in [-0.2, 0) is 22.7 Å². The fraction of sp³-hybridized carbons (Fsp3) is 0.571. The highest BCUT2D eigenvalue weighted by molar-refractivity contribution is 6.05. The molecule has 2 unspecified atom stereocenters. The van der Waals surface area contributed by atoms with Crippen LogP contribution in [0.3, 0.4) is 0 Å². The predicted molar refractivity (Wildman–Crippen MR) is 104 cm³/mol. The van der Waals surface area contributed by atoms with Crippen molar-refractivity contribution in [3.8, 4) is 0 Å². The Morgan fingerprint density at radius 3 is 2.86 bits per heavy atom. The highest BCUT2D eigenvalue weighted by Crippen LogP contribution is 2.28. The SMILES string of the molecule is O=C1CCC(N2Cc3cc(CNCCC4CCCNC4)ccc3C2=O)C(=O)N1. The summed E-state index contributed by atoms with van der Waals surface area (Å²) in [5.74, 6) is 0.0223. The lowest BCUT2D eigenvalue weighted by Crippen LogP contribution is -2.52. The fourth-order valence-electron chi connectivity index (χ4n) is 4.45. The zero-order chi connectivity index (χ0) is 19.5. The number of amides is 3. The molecular formula is C21H28N4O3. The van der Waals surface area contributed by atoms with Gasteiger partial charge in [-0.2, -0.15) is 0 Å². The summed E-state index contributed by atoms with van der Waals surface area (Å²) in [4.78, 5) is 37.8. The molecule has 0 aliphatic carbocycles. The van der Waals surface area contributed by atoms with Crippen molar-refractivity contribution in [2.45, 2.75) is 51.2 Å². The van der Waals surface area contributed by atoms with E-state index in [9.17, 15) is 14.4 Å². The zero-order valence-electron chi connectivity index (χ0n) is 16.1. The first-order valence-corrected chi connectivity index (χ1v) is 10.3. The van der Waals surface area contributed by atoms with Gasteiger partial charge in [-0.05, 0) is 68.4 Å². The molecule has 3 amide bonds. The Bertz CT molecular complexity index is 773. The maximum absolute atomic E-state index is 12.7. The summed E-state index contributed by atoms with van der Waals surface area (Å²) in [6.07, 6.45) is 4.44. The quantitative estimate of drug-likeness (QED) is 0.501. The van der Waals surface area contributed by atoms with E-state index in [1.165, 1.54) is 19.3 Å². The van der Waals surface area contributed by atoms with Gasteiger partial charge in [0, 0.05) is 25.1 Å². The molecule has 0 radical (unpaired) electrons. The Morgan fingerprint density at radius 2 is 2.07 bits per heavy atom. The number of hydrogen-bond acceptors (Lipinski definition) is 5. The summed E-state index contributed by atoms with van der Waals surface area (Å²) in [6.45, 7) is 4.47. The third-order valence-corrected chi connectivity index (χ3v) is 6.05. The first-order valence-electron chi connectivity index (χ1n) is 10.3.